The Balaban J connectivity index is 1.58. The molecule has 3 aromatic rings. The Morgan fingerprint density at radius 3 is 2.53 bits per heavy atom. The number of rotatable bonds is 6. The van der Waals surface area contributed by atoms with Crippen molar-refractivity contribution >= 4 is 17.3 Å². The fourth-order valence-corrected chi connectivity index (χ4v) is 4.23. The number of nitrogens with one attached hydrogen (secondary N) is 1. The Bertz CT molecular complexity index is 1050. The molecule has 2 aromatic carbocycles. The lowest BCUT2D eigenvalue weighted by Gasteiger charge is -2.28. The Hall–Kier alpha value is -3.28. The van der Waals surface area contributed by atoms with Crippen molar-refractivity contribution in [2.24, 2.45) is 5.92 Å². The standard InChI is InChI=1S/C24H25FN4O/c1-16-22(14-26-17(2)27-16)29(3)15-24(18-7-5-4-6-8-18)13-21(24)23(30)28-20-11-9-19(25)10-12-20/h4-12,14,21H,13,15H2,1-3H3,(H,28,30)/t21-,24+/m0/s1. The topological polar surface area (TPSA) is 58.1 Å². The molecule has 1 aromatic heterocycles. The van der Waals surface area contributed by atoms with E-state index < -0.39 is 0 Å². The van der Waals surface area contributed by atoms with E-state index in [-0.39, 0.29) is 23.1 Å². The van der Waals surface area contributed by atoms with Crippen LogP contribution in [0.5, 0.6) is 0 Å². The zero-order valence-corrected chi connectivity index (χ0v) is 17.4. The Kier molecular flexibility index (Phi) is 5.24. The van der Waals surface area contributed by atoms with Gasteiger partial charge < -0.3 is 10.2 Å². The molecule has 1 amide bonds. The molecule has 0 spiro atoms. The van der Waals surface area contributed by atoms with E-state index in [1.165, 1.54) is 12.1 Å². The third-order valence-corrected chi connectivity index (χ3v) is 5.86. The van der Waals surface area contributed by atoms with Gasteiger partial charge in [0.15, 0.2) is 0 Å². The molecule has 1 aliphatic rings. The lowest BCUT2D eigenvalue weighted by Crippen LogP contribution is -2.33. The molecular weight excluding hydrogens is 379 g/mol. The highest BCUT2D eigenvalue weighted by atomic mass is 19.1. The van der Waals surface area contributed by atoms with Gasteiger partial charge in [0.25, 0.3) is 0 Å². The number of likely N-dealkylation sites (N-methyl/N-ethyl adjacent to an activating group) is 1. The van der Waals surface area contributed by atoms with E-state index in [9.17, 15) is 9.18 Å². The first kappa shape index (κ1) is 20.0. The molecule has 5 nitrogen and oxygen atoms in total. The molecule has 0 radical (unpaired) electrons. The average molecular weight is 404 g/mol. The highest BCUT2D eigenvalue weighted by molar-refractivity contribution is 5.96. The molecule has 0 saturated heterocycles. The number of anilines is 2. The molecule has 6 heteroatoms. The van der Waals surface area contributed by atoms with Gasteiger partial charge in [-0.1, -0.05) is 30.3 Å². The predicted molar refractivity (Wildman–Crippen MR) is 116 cm³/mol. The van der Waals surface area contributed by atoms with Gasteiger partial charge in [-0.25, -0.2) is 14.4 Å². The molecular formula is C24H25FN4O. The Labute approximate surface area is 176 Å². The van der Waals surface area contributed by atoms with Crippen LogP contribution in [0.1, 0.15) is 23.5 Å². The minimum atomic E-state index is -0.324. The van der Waals surface area contributed by atoms with E-state index in [1.807, 2.05) is 45.3 Å². The van der Waals surface area contributed by atoms with Gasteiger partial charge in [-0.05, 0) is 50.1 Å². The fourth-order valence-electron chi connectivity index (χ4n) is 4.23. The summed E-state index contributed by atoms with van der Waals surface area (Å²) in [7, 11) is 2.01. The SMILES string of the molecule is Cc1ncc(N(C)C[C@@]2(c3ccccc3)C[C@H]2C(=O)Nc2ccc(F)cc2)c(C)n1. The highest BCUT2D eigenvalue weighted by Gasteiger charge is 2.59. The number of benzene rings is 2. The lowest BCUT2D eigenvalue weighted by atomic mass is 9.92. The maximum absolute atomic E-state index is 13.2. The van der Waals surface area contributed by atoms with Crippen molar-refractivity contribution in [3.8, 4) is 0 Å². The number of carbonyl (C=O) groups excluding carboxylic acids is 1. The van der Waals surface area contributed by atoms with E-state index in [0.29, 0.717) is 12.2 Å². The van der Waals surface area contributed by atoms with Gasteiger partial charge in [0, 0.05) is 24.7 Å². The van der Waals surface area contributed by atoms with Crippen LogP contribution in [-0.2, 0) is 10.2 Å². The van der Waals surface area contributed by atoms with Crippen molar-refractivity contribution in [2.45, 2.75) is 25.7 Å². The van der Waals surface area contributed by atoms with Crippen LogP contribution in [0.25, 0.3) is 0 Å². The Morgan fingerprint density at radius 1 is 1.17 bits per heavy atom. The second kappa shape index (κ2) is 7.86. The van der Waals surface area contributed by atoms with E-state index in [4.69, 9.17) is 0 Å². The van der Waals surface area contributed by atoms with Crippen molar-refractivity contribution in [2.75, 3.05) is 23.8 Å². The molecule has 0 aliphatic heterocycles. The molecule has 0 unspecified atom stereocenters. The summed E-state index contributed by atoms with van der Waals surface area (Å²) in [5, 5.41) is 2.94. The third-order valence-electron chi connectivity index (χ3n) is 5.86. The largest absolute Gasteiger partial charge is 0.371 e. The van der Waals surface area contributed by atoms with Crippen LogP contribution in [0.15, 0.2) is 60.8 Å². The number of halogens is 1. The number of nitrogens with zero attached hydrogens (tertiary/aromatic N) is 3. The zero-order valence-electron chi connectivity index (χ0n) is 17.4. The van der Waals surface area contributed by atoms with Crippen LogP contribution in [0.3, 0.4) is 0 Å². The summed E-state index contributed by atoms with van der Waals surface area (Å²) in [6.07, 6.45) is 2.59. The van der Waals surface area contributed by atoms with Gasteiger partial charge in [-0.3, -0.25) is 4.79 Å². The molecule has 1 N–H and O–H groups in total. The first-order valence-electron chi connectivity index (χ1n) is 10.0. The van der Waals surface area contributed by atoms with E-state index in [1.54, 1.807) is 12.1 Å². The Morgan fingerprint density at radius 2 is 1.87 bits per heavy atom. The van der Waals surface area contributed by atoms with Crippen molar-refractivity contribution in [1.82, 2.24) is 9.97 Å². The number of hydrogen-bond donors (Lipinski definition) is 1. The van der Waals surface area contributed by atoms with Gasteiger partial charge >= 0.3 is 0 Å². The van der Waals surface area contributed by atoms with Crippen LogP contribution in [0.4, 0.5) is 15.8 Å². The smallest absolute Gasteiger partial charge is 0.228 e. The molecule has 1 heterocycles. The van der Waals surface area contributed by atoms with E-state index in [2.05, 4.69) is 32.3 Å². The minimum absolute atomic E-state index is 0.0456. The van der Waals surface area contributed by atoms with Crippen LogP contribution < -0.4 is 10.2 Å². The molecule has 4 rings (SSSR count). The molecule has 0 bridgehead atoms. The number of aromatic nitrogens is 2. The maximum atomic E-state index is 13.2. The van der Waals surface area contributed by atoms with E-state index in [0.717, 1.165) is 29.2 Å². The quantitative estimate of drug-likeness (QED) is 0.667. The monoisotopic (exact) mass is 404 g/mol. The van der Waals surface area contributed by atoms with Crippen LogP contribution >= 0.6 is 0 Å². The molecule has 1 saturated carbocycles. The average Bonchev–Trinajstić information content (AvgIpc) is 3.45. The summed E-state index contributed by atoms with van der Waals surface area (Å²) in [6, 6.07) is 16.0. The van der Waals surface area contributed by atoms with Crippen molar-refractivity contribution in [3.63, 3.8) is 0 Å². The van der Waals surface area contributed by atoms with Gasteiger partial charge in [0.05, 0.1) is 23.5 Å². The fraction of sp³-hybridized carbons (Fsp3) is 0.292. The zero-order chi connectivity index (χ0) is 21.3. The minimum Gasteiger partial charge on any atom is -0.371 e. The normalized spacial score (nSPS) is 19.9. The van der Waals surface area contributed by atoms with E-state index >= 15 is 0 Å². The summed E-state index contributed by atoms with van der Waals surface area (Å²) in [4.78, 5) is 24.0. The summed E-state index contributed by atoms with van der Waals surface area (Å²) in [6.45, 7) is 4.52. The number of hydrogen-bond acceptors (Lipinski definition) is 4. The first-order chi connectivity index (χ1) is 14.4. The summed E-state index contributed by atoms with van der Waals surface area (Å²) in [5.74, 6) is 0.204. The van der Waals surface area contributed by atoms with Crippen molar-refractivity contribution in [3.05, 3.63) is 83.7 Å². The summed E-state index contributed by atoms with van der Waals surface area (Å²) >= 11 is 0. The second-order valence-corrected chi connectivity index (χ2v) is 8.02. The summed E-state index contributed by atoms with van der Waals surface area (Å²) < 4.78 is 13.2. The van der Waals surface area contributed by atoms with Crippen molar-refractivity contribution < 1.29 is 9.18 Å². The van der Waals surface area contributed by atoms with Gasteiger partial charge in [-0.2, -0.15) is 0 Å². The lowest BCUT2D eigenvalue weighted by molar-refractivity contribution is -0.117. The number of amides is 1. The maximum Gasteiger partial charge on any atom is 0.228 e. The molecule has 1 fully saturated rings. The number of aryl methyl sites for hydroxylation is 2. The van der Waals surface area contributed by atoms with Gasteiger partial charge in [-0.15, -0.1) is 0 Å². The molecule has 30 heavy (non-hydrogen) atoms. The van der Waals surface area contributed by atoms with Crippen LogP contribution in [0.2, 0.25) is 0 Å². The summed E-state index contributed by atoms with van der Waals surface area (Å²) in [5.41, 5.74) is 3.33. The van der Waals surface area contributed by atoms with Gasteiger partial charge in [0.2, 0.25) is 5.91 Å². The predicted octanol–water partition coefficient (Wildman–Crippen LogP) is 4.27. The molecule has 154 valence electrons. The second-order valence-electron chi connectivity index (χ2n) is 8.02. The molecule has 2 atom stereocenters. The molecule has 1 aliphatic carbocycles. The van der Waals surface area contributed by atoms with Crippen LogP contribution in [-0.4, -0.2) is 29.5 Å². The van der Waals surface area contributed by atoms with Crippen LogP contribution in [0, 0.1) is 25.6 Å². The van der Waals surface area contributed by atoms with Gasteiger partial charge in [0.1, 0.15) is 11.6 Å². The first-order valence-corrected chi connectivity index (χ1v) is 10.0. The van der Waals surface area contributed by atoms with Crippen molar-refractivity contribution in [1.29, 1.82) is 0 Å². The number of carbonyl (C=O) groups is 1. The third kappa shape index (κ3) is 3.90. The highest BCUT2D eigenvalue weighted by Crippen LogP contribution is 2.55.